The second-order valence-electron chi connectivity index (χ2n) is 6.01. The zero-order chi connectivity index (χ0) is 14.5. The van der Waals surface area contributed by atoms with Gasteiger partial charge in [0, 0.05) is 17.3 Å². The molecule has 0 radical (unpaired) electrons. The van der Waals surface area contributed by atoms with Crippen molar-refractivity contribution >= 4 is 21.4 Å². The summed E-state index contributed by atoms with van der Waals surface area (Å²) >= 11 is 1.86. The van der Waals surface area contributed by atoms with Crippen LogP contribution in [0.4, 0.5) is 0 Å². The van der Waals surface area contributed by atoms with Gasteiger partial charge in [0.2, 0.25) is 0 Å². The van der Waals surface area contributed by atoms with E-state index in [-0.39, 0.29) is 0 Å². The molecule has 1 fully saturated rings. The maximum atomic E-state index is 5.85. The summed E-state index contributed by atoms with van der Waals surface area (Å²) in [5, 5.41) is 7.25. The van der Waals surface area contributed by atoms with Crippen molar-refractivity contribution in [1.29, 1.82) is 0 Å². The number of hydrogen-bond acceptors (Lipinski definition) is 3. The monoisotopic (exact) mass is 303 g/mol. The topological polar surface area (TPSA) is 21.3 Å². The van der Waals surface area contributed by atoms with Crippen LogP contribution in [0.25, 0.3) is 10.1 Å². The van der Waals surface area contributed by atoms with Gasteiger partial charge in [-0.25, -0.2) is 0 Å². The SMILES string of the molecule is CNC(CCC1CCCCO1)Cc1csc2ccccc12. The van der Waals surface area contributed by atoms with Crippen LogP contribution in [0.5, 0.6) is 0 Å². The molecule has 3 heteroatoms. The summed E-state index contributed by atoms with van der Waals surface area (Å²) in [5.41, 5.74) is 1.49. The molecule has 1 aliphatic rings. The fourth-order valence-electron chi connectivity index (χ4n) is 3.23. The molecular formula is C18H25NOS. The van der Waals surface area contributed by atoms with Gasteiger partial charge in [0.1, 0.15) is 0 Å². The Morgan fingerprint density at radius 3 is 3.05 bits per heavy atom. The molecule has 0 amide bonds. The second-order valence-corrected chi connectivity index (χ2v) is 6.92. The Bertz CT molecular complexity index is 559. The first-order chi connectivity index (χ1) is 10.4. The minimum Gasteiger partial charge on any atom is -0.378 e. The lowest BCUT2D eigenvalue weighted by molar-refractivity contribution is 0.00870. The van der Waals surface area contributed by atoms with Crippen molar-refractivity contribution in [3.63, 3.8) is 0 Å². The molecule has 1 aliphatic heterocycles. The van der Waals surface area contributed by atoms with Gasteiger partial charge >= 0.3 is 0 Å². The van der Waals surface area contributed by atoms with Gasteiger partial charge in [-0.3, -0.25) is 0 Å². The highest BCUT2D eigenvalue weighted by Gasteiger charge is 2.17. The number of rotatable bonds is 6. The average molecular weight is 303 g/mol. The molecule has 0 bridgehead atoms. The highest BCUT2D eigenvalue weighted by Crippen LogP contribution is 2.27. The number of thiophene rings is 1. The van der Waals surface area contributed by atoms with E-state index in [1.165, 1.54) is 47.8 Å². The van der Waals surface area contributed by atoms with Gasteiger partial charge in [0.05, 0.1) is 6.10 Å². The van der Waals surface area contributed by atoms with E-state index in [1.807, 2.05) is 11.3 Å². The first-order valence-electron chi connectivity index (χ1n) is 8.11. The number of likely N-dealkylation sites (N-methyl/N-ethyl adjacent to an activating group) is 1. The molecule has 0 spiro atoms. The second kappa shape index (κ2) is 7.39. The van der Waals surface area contributed by atoms with Crippen LogP contribution in [0, 0.1) is 0 Å². The summed E-state index contributed by atoms with van der Waals surface area (Å²) in [7, 11) is 2.08. The molecule has 1 saturated heterocycles. The number of ether oxygens (including phenoxy) is 1. The van der Waals surface area contributed by atoms with Crippen molar-refractivity contribution in [3.05, 3.63) is 35.2 Å². The summed E-state index contributed by atoms with van der Waals surface area (Å²) < 4.78 is 7.25. The van der Waals surface area contributed by atoms with Gasteiger partial charge in [-0.05, 0) is 68.0 Å². The minimum atomic E-state index is 0.494. The quantitative estimate of drug-likeness (QED) is 0.855. The highest BCUT2D eigenvalue weighted by atomic mass is 32.1. The first-order valence-corrected chi connectivity index (χ1v) is 8.99. The molecule has 2 aromatic rings. The standard InChI is InChI=1S/C18H25NOS/c1-19-15(9-10-16-6-4-5-11-20-16)12-14-13-21-18-8-3-2-7-17(14)18/h2-3,7-8,13,15-16,19H,4-6,9-12H2,1H3. The third-order valence-corrected chi connectivity index (χ3v) is 5.56. The Kier molecular flexibility index (Phi) is 5.28. The van der Waals surface area contributed by atoms with Crippen LogP contribution in [-0.4, -0.2) is 25.8 Å². The van der Waals surface area contributed by atoms with Gasteiger partial charge in [-0.2, -0.15) is 0 Å². The van der Waals surface area contributed by atoms with Crippen molar-refractivity contribution in [1.82, 2.24) is 5.32 Å². The Balaban J connectivity index is 1.58. The molecule has 2 nitrogen and oxygen atoms in total. The molecular weight excluding hydrogens is 278 g/mol. The maximum Gasteiger partial charge on any atom is 0.0575 e. The molecule has 0 aliphatic carbocycles. The molecule has 1 aromatic carbocycles. The Hall–Kier alpha value is -0.900. The van der Waals surface area contributed by atoms with Crippen molar-refractivity contribution in [2.24, 2.45) is 0 Å². The molecule has 2 unspecified atom stereocenters. The summed E-state index contributed by atoms with van der Waals surface area (Å²) in [6.45, 7) is 0.962. The molecule has 2 heterocycles. The summed E-state index contributed by atoms with van der Waals surface area (Å²) in [4.78, 5) is 0. The van der Waals surface area contributed by atoms with Crippen LogP contribution < -0.4 is 5.32 Å². The number of fused-ring (bicyclic) bond motifs is 1. The van der Waals surface area contributed by atoms with E-state index in [0.717, 1.165) is 13.0 Å². The van der Waals surface area contributed by atoms with E-state index in [4.69, 9.17) is 4.74 Å². The lowest BCUT2D eigenvalue weighted by Gasteiger charge is -2.24. The molecule has 2 atom stereocenters. The van der Waals surface area contributed by atoms with Crippen LogP contribution in [0.3, 0.4) is 0 Å². The predicted molar refractivity (Wildman–Crippen MR) is 91.2 cm³/mol. The van der Waals surface area contributed by atoms with Crippen molar-refractivity contribution in [2.45, 2.75) is 50.7 Å². The smallest absolute Gasteiger partial charge is 0.0575 e. The Labute approximate surface area is 131 Å². The zero-order valence-electron chi connectivity index (χ0n) is 12.8. The van der Waals surface area contributed by atoms with Gasteiger partial charge in [0.25, 0.3) is 0 Å². The largest absolute Gasteiger partial charge is 0.378 e. The maximum absolute atomic E-state index is 5.85. The van der Waals surface area contributed by atoms with E-state index in [2.05, 4.69) is 42.0 Å². The van der Waals surface area contributed by atoms with E-state index >= 15 is 0 Å². The Morgan fingerprint density at radius 1 is 1.33 bits per heavy atom. The summed E-state index contributed by atoms with van der Waals surface area (Å²) in [6.07, 6.45) is 7.83. The lowest BCUT2D eigenvalue weighted by Crippen LogP contribution is -2.30. The van der Waals surface area contributed by atoms with E-state index in [1.54, 1.807) is 0 Å². The van der Waals surface area contributed by atoms with Crippen molar-refractivity contribution in [2.75, 3.05) is 13.7 Å². The van der Waals surface area contributed by atoms with Gasteiger partial charge < -0.3 is 10.1 Å². The molecule has 114 valence electrons. The minimum absolute atomic E-state index is 0.494. The molecule has 0 saturated carbocycles. The van der Waals surface area contributed by atoms with Crippen LogP contribution in [0.1, 0.15) is 37.7 Å². The van der Waals surface area contributed by atoms with Crippen LogP contribution >= 0.6 is 11.3 Å². The van der Waals surface area contributed by atoms with Gasteiger partial charge in [-0.1, -0.05) is 18.2 Å². The fourth-order valence-corrected chi connectivity index (χ4v) is 4.20. The molecule has 1 N–H and O–H groups in total. The third kappa shape index (κ3) is 3.85. The predicted octanol–water partition coefficient (Wildman–Crippen LogP) is 4.38. The van der Waals surface area contributed by atoms with E-state index in [9.17, 15) is 0 Å². The summed E-state index contributed by atoms with van der Waals surface area (Å²) in [5.74, 6) is 0. The van der Waals surface area contributed by atoms with Crippen LogP contribution in [0.15, 0.2) is 29.6 Å². The van der Waals surface area contributed by atoms with Crippen LogP contribution in [0.2, 0.25) is 0 Å². The number of hydrogen-bond donors (Lipinski definition) is 1. The van der Waals surface area contributed by atoms with Crippen LogP contribution in [-0.2, 0) is 11.2 Å². The van der Waals surface area contributed by atoms with Crippen molar-refractivity contribution in [3.8, 4) is 0 Å². The molecule has 1 aromatic heterocycles. The Morgan fingerprint density at radius 2 is 2.24 bits per heavy atom. The average Bonchev–Trinajstić information content (AvgIpc) is 2.95. The zero-order valence-corrected chi connectivity index (χ0v) is 13.6. The van der Waals surface area contributed by atoms with Gasteiger partial charge in [0.15, 0.2) is 0 Å². The molecule has 3 rings (SSSR count). The number of benzene rings is 1. The first kappa shape index (κ1) is 15.0. The highest BCUT2D eigenvalue weighted by molar-refractivity contribution is 7.17. The number of nitrogens with one attached hydrogen (secondary N) is 1. The summed E-state index contributed by atoms with van der Waals surface area (Å²) in [6, 6.07) is 9.28. The van der Waals surface area contributed by atoms with Crippen molar-refractivity contribution < 1.29 is 4.74 Å². The van der Waals surface area contributed by atoms with E-state index < -0.39 is 0 Å². The van der Waals surface area contributed by atoms with Gasteiger partial charge in [-0.15, -0.1) is 11.3 Å². The lowest BCUT2D eigenvalue weighted by atomic mass is 9.97. The molecule has 21 heavy (non-hydrogen) atoms. The third-order valence-electron chi connectivity index (χ3n) is 4.55. The normalized spacial score (nSPS) is 20.7. The van der Waals surface area contributed by atoms with E-state index in [0.29, 0.717) is 12.1 Å². The fraction of sp³-hybridized carbons (Fsp3) is 0.556.